The summed E-state index contributed by atoms with van der Waals surface area (Å²) < 4.78 is 0. The molecular weight excluding hydrogens is 654 g/mol. The molecule has 6 atom stereocenters. The molecule has 0 spiro atoms. The van der Waals surface area contributed by atoms with E-state index in [0.717, 1.165) is 24.3 Å². The summed E-state index contributed by atoms with van der Waals surface area (Å²) in [4.78, 5) is 47.7. The highest BCUT2D eigenvalue weighted by molar-refractivity contribution is 7.14. The lowest BCUT2D eigenvalue weighted by Gasteiger charge is -2.53. The number of aliphatic hydroxyl groups excluding tert-OH is 4. The Morgan fingerprint density at radius 1 is 1.04 bits per heavy atom. The van der Waals surface area contributed by atoms with E-state index in [4.69, 9.17) is 5.73 Å². The lowest BCUT2D eigenvalue weighted by atomic mass is 9.55. The standard InChI is InChI=1S/C34H37N5O9S/c1-5-39(6-2)15-9-7-14(8-10-15)18-13-49-33(37-18)36-17-12-11-16-19(26(17)41)27(42)21-20(25(16)40)28(43)23-24(38(3)4)29(44)22(32(35)47)31(46)34(23,48)30(21)45/h7-13,20,23-25,28,40-43,46,48H,5-6H2,1-4H3,(H2,35,47)(H,36,37)/t20-,23+,24-,25-,28-,34-/m0/s1. The number of fused-ring (bicyclic) bond motifs is 3. The number of benzene rings is 2. The molecule has 1 aromatic heterocycles. The van der Waals surface area contributed by atoms with E-state index in [-0.39, 0.29) is 16.8 Å². The number of aromatic nitrogens is 1. The molecule has 6 rings (SSSR count). The van der Waals surface area contributed by atoms with Crippen LogP contribution in [0.5, 0.6) is 5.75 Å². The zero-order valence-electron chi connectivity index (χ0n) is 27.1. The van der Waals surface area contributed by atoms with Crippen LogP contribution in [-0.4, -0.2) is 103 Å². The number of phenols is 1. The van der Waals surface area contributed by atoms with Crippen molar-refractivity contribution in [1.29, 1.82) is 0 Å². The van der Waals surface area contributed by atoms with E-state index in [9.17, 15) is 45.0 Å². The molecular formula is C34H37N5O9S. The molecule has 0 aliphatic heterocycles. The third kappa shape index (κ3) is 4.99. The summed E-state index contributed by atoms with van der Waals surface area (Å²) in [5.41, 5.74) is 2.83. The van der Waals surface area contributed by atoms with E-state index in [1.165, 1.54) is 42.5 Å². The molecule has 3 aliphatic carbocycles. The van der Waals surface area contributed by atoms with Gasteiger partial charge in [0.2, 0.25) is 5.78 Å². The van der Waals surface area contributed by atoms with Crippen LogP contribution in [0.2, 0.25) is 0 Å². The van der Waals surface area contributed by atoms with E-state index in [2.05, 4.69) is 29.0 Å². The van der Waals surface area contributed by atoms with Crippen LogP contribution in [0.1, 0.15) is 31.1 Å². The van der Waals surface area contributed by atoms with Gasteiger partial charge in [0.25, 0.3) is 5.91 Å². The van der Waals surface area contributed by atoms with Gasteiger partial charge in [0, 0.05) is 41.2 Å². The molecule has 0 unspecified atom stereocenters. The minimum absolute atomic E-state index is 0.0409. The predicted octanol–water partition coefficient (Wildman–Crippen LogP) is 2.14. The summed E-state index contributed by atoms with van der Waals surface area (Å²) in [6.45, 7) is 5.91. The molecule has 0 radical (unpaired) electrons. The highest BCUT2D eigenvalue weighted by atomic mass is 32.1. The quantitative estimate of drug-likeness (QED) is 0.125. The van der Waals surface area contributed by atoms with Gasteiger partial charge in [-0.1, -0.05) is 18.2 Å². The second-order valence-corrected chi connectivity index (χ2v) is 13.4. The van der Waals surface area contributed by atoms with Crippen molar-refractivity contribution in [2.45, 2.75) is 37.7 Å². The normalized spacial score (nSPS) is 26.4. The van der Waals surface area contributed by atoms with Gasteiger partial charge in [0.1, 0.15) is 22.8 Å². The molecule has 1 fully saturated rings. The van der Waals surface area contributed by atoms with Gasteiger partial charge in [-0.2, -0.15) is 0 Å². The van der Waals surface area contributed by atoms with Crippen molar-refractivity contribution < 1.29 is 45.0 Å². The highest BCUT2D eigenvalue weighted by Gasteiger charge is 2.68. The number of aromatic hydroxyl groups is 1. The van der Waals surface area contributed by atoms with Gasteiger partial charge in [-0.15, -0.1) is 11.3 Å². The number of anilines is 3. The van der Waals surface area contributed by atoms with Crippen molar-refractivity contribution in [2.24, 2.45) is 17.6 Å². The number of nitrogens with zero attached hydrogens (tertiary/aromatic N) is 3. The summed E-state index contributed by atoms with van der Waals surface area (Å²) >= 11 is 1.25. The van der Waals surface area contributed by atoms with Crippen LogP contribution < -0.4 is 16.0 Å². The maximum atomic E-state index is 14.1. The number of carbonyl (C=O) groups excluding carboxylic acids is 3. The number of nitrogens with two attached hydrogens (primary N) is 1. The Balaban J connectivity index is 1.39. The zero-order chi connectivity index (χ0) is 35.7. The van der Waals surface area contributed by atoms with Crippen LogP contribution in [0, 0.1) is 11.8 Å². The van der Waals surface area contributed by atoms with Crippen LogP contribution in [0.4, 0.5) is 16.5 Å². The SMILES string of the molecule is CCN(CC)c1ccc(-c2csc(Nc3ccc4c(c3O)C(O)=C3C(=O)[C@]5(O)C(O)=C(C(N)=O)C(=O)[C@@H](N(C)C)[C@@H]5[C@@H](O)[C@@H]3[C@H]4O)n2)cc1. The number of primary amides is 1. The molecule has 1 amide bonds. The lowest BCUT2D eigenvalue weighted by molar-refractivity contribution is -0.174. The van der Waals surface area contributed by atoms with Gasteiger partial charge in [0.05, 0.1) is 41.1 Å². The van der Waals surface area contributed by atoms with E-state index in [1.54, 1.807) is 0 Å². The van der Waals surface area contributed by atoms with Crippen LogP contribution in [-0.2, 0) is 14.4 Å². The minimum Gasteiger partial charge on any atom is -0.508 e. The average molecular weight is 692 g/mol. The van der Waals surface area contributed by atoms with Crippen molar-refractivity contribution in [3.05, 3.63) is 69.8 Å². The second-order valence-electron chi connectivity index (χ2n) is 12.5. The topological polar surface area (TPSA) is 230 Å². The van der Waals surface area contributed by atoms with Crippen molar-refractivity contribution in [3.63, 3.8) is 0 Å². The van der Waals surface area contributed by atoms with E-state index < -0.39 is 81.6 Å². The Morgan fingerprint density at radius 3 is 2.29 bits per heavy atom. The molecule has 15 heteroatoms. The summed E-state index contributed by atoms with van der Waals surface area (Å²) in [7, 11) is 2.80. The number of Topliss-reactive ketones (excluding diaryl/α,β-unsaturated/α-hetero) is 2. The number of thiazole rings is 1. The van der Waals surface area contributed by atoms with Gasteiger partial charge in [-0.3, -0.25) is 19.3 Å². The lowest BCUT2D eigenvalue weighted by Crippen LogP contribution is -2.70. The first kappa shape index (κ1) is 34.1. The number of carbonyl (C=O) groups is 3. The molecule has 14 nitrogen and oxygen atoms in total. The van der Waals surface area contributed by atoms with Crippen molar-refractivity contribution >= 4 is 51.1 Å². The number of nitrogens with one attached hydrogen (secondary N) is 1. The summed E-state index contributed by atoms with van der Waals surface area (Å²) in [6.07, 6.45) is -3.62. The fourth-order valence-electron chi connectivity index (χ4n) is 7.39. The highest BCUT2D eigenvalue weighted by Crippen LogP contribution is 2.56. The van der Waals surface area contributed by atoms with Crippen LogP contribution >= 0.6 is 11.3 Å². The fourth-order valence-corrected chi connectivity index (χ4v) is 8.13. The number of likely N-dealkylation sites (N-methyl/N-ethyl adjacent to an activating group) is 1. The van der Waals surface area contributed by atoms with Crippen molar-refractivity contribution in [2.75, 3.05) is 37.4 Å². The Bertz CT molecular complexity index is 1930. The number of amides is 1. The van der Waals surface area contributed by atoms with Gasteiger partial charge < -0.3 is 46.6 Å². The number of aliphatic hydroxyl groups is 5. The number of hydrogen-bond acceptors (Lipinski definition) is 14. The molecule has 9 N–H and O–H groups in total. The summed E-state index contributed by atoms with van der Waals surface area (Å²) in [6, 6.07) is 9.24. The first-order valence-electron chi connectivity index (χ1n) is 15.6. The number of hydrogen-bond donors (Lipinski definition) is 8. The monoisotopic (exact) mass is 691 g/mol. The fraction of sp³-hybridized carbons (Fsp3) is 0.353. The maximum absolute atomic E-state index is 14.1. The van der Waals surface area contributed by atoms with Gasteiger partial charge in [0.15, 0.2) is 16.5 Å². The predicted molar refractivity (Wildman–Crippen MR) is 181 cm³/mol. The summed E-state index contributed by atoms with van der Waals surface area (Å²) in [5, 5.41) is 74.1. The Kier molecular flexibility index (Phi) is 8.53. The molecule has 3 aliphatic rings. The molecule has 2 aromatic carbocycles. The zero-order valence-corrected chi connectivity index (χ0v) is 27.9. The minimum atomic E-state index is -3.09. The van der Waals surface area contributed by atoms with Crippen LogP contribution in [0.3, 0.4) is 0 Å². The molecule has 258 valence electrons. The largest absolute Gasteiger partial charge is 0.508 e. The van der Waals surface area contributed by atoms with Crippen LogP contribution in [0.25, 0.3) is 17.0 Å². The molecule has 0 saturated heterocycles. The molecule has 1 saturated carbocycles. The van der Waals surface area contributed by atoms with Gasteiger partial charge in [-0.05, 0) is 51.7 Å². The Labute approximate surface area is 285 Å². The number of rotatable bonds is 8. The molecule has 1 heterocycles. The Hall–Kier alpha value is -4.80. The van der Waals surface area contributed by atoms with E-state index in [1.807, 2.05) is 29.6 Å². The Morgan fingerprint density at radius 2 is 1.69 bits per heavy atom. The van der Waals surface area contributed by atoms with Crippen LogP contribution in [0.15, 0.2) is 58.7 Å². The maximum Gasteiger partial charge on any atom is 0.255 e. The number of ketones is 2. The van der Waals surface area contributed by atoms with Gasteiger partial charge >= 0.3 is 0 Å². The second kappa shape index (κ2) is 12.3. The average Bonchev–Trinajstić information content (AvgIpc) is 3.53. The molecule has 49 heavy (non-hydrogen) atoms. The third-order valence-electron chi connectivity index (χ3n) is 9.80. The first-order valence-corrected chi connectivity index (χ1v) is 16.5. The van der Waals surface area contributed by atoms with Crippen molar-refractivity contribution in [3.8, 4) is 17.0 Å². The third-order valence-corrected chi connectivity index (χ3v) is 10.6. The molecule has 0 bridgehead atoms. The van der Waals surface area contributed by atoms with Gasteiger partial charge in [-0.25, -0.2) is 4.98 Å². The molecule has 3 aromatic rings. The van der Waals surface area contributed by atoms with Crippen molar-refractivity contribution in [1.82, 2.24) is 9.88 Å². The van der Waals surface area contributed by atoms with E-state index >= 15 is 0 Å². The van der Waals surface area contributed by atoms with E-state index in [0.29, 0.717) is 10.8 Å². The summed E-state index contributed by atoms with van der Waals surface area (Å²) in [5.74, 6) is -9.98. The first-order chi connectivity index (χ1) is 23.2. The number of phenolic OH excluding ortho intramolecular Hbond substituents is 1. The smallest absolute Gasteiger partial charge is 0.255 e.